The highest BCUT2D eigenvalue weighted by atomic mass is 127. The summed E-state index contributed by atoms with van der Waals surface area (Å²) in [5, 5.41) is 16.9. The molecule has 3 aromatic rings. The highest BCUT2D eigenvalue weighted by Gasteiger charge is 2.26. The Balaban J connectivity index is 0.00000385. The van der Waals surface area contributed by atoms with Gasteiger partial charge in [-0.15, -0.1) is 24.0 Å². The lowest BCUT2D eigenvalue weighted by Crippen LogP contribution is -2.44. The predicted octanol–water partition coefficient (Wildman–Crippen LogP) is 4.45. The van der Waals surface area contributed by atoms with Gasteiger partial charge in [0, 0.05) is 18.8 Å². The quantitative estimate of drug-likeness (QED) is 0.190. The van der Waals surface area contributed by atoms with Gasteiger partial charge < -0.3 is 29.6 Å². The Bertz CT molecular complexity index is 992. The van der Waals surface area contributed by atoms with E-state index in [4.69, 9.17) is 13.9 Å². The van der Waals surface area contributed by atoms with Crippen molar-refractivity contribution in [2.24, 2.45) is 4.99 Å². The largest absolute Gasteiger partial charge is 0.490 e. The molecule has 2 aromatic heterocycles. The first-order valence-corrected chi connectivity index (χ1v) is 10.6. The summed E-state index contributed by atoms with van der Waals surface area (Å²) in [5.41, 5.74) is -0.233. The first-order chi connectivity index (χ1) is 15.5. The van der Waals surface area contributed by atoms with Crippen LogP contribution in [0.25, 0.3) is 0 Å². The molecule has 1 unspecified atom stereocenters. The number of nitrogens with one attached hydrogen (secondary N) is 2. The summed E-state index contributed by atoms with van der Waals surface area (Å²) in [4.78, 5) is 8.95. The maximum Gasteiger partial charge on any atom is 0.219 e. The molecule has 3 rings (SSSR count). The zero-order valence-electron chi connectivity index (χ0n) is 19.1. The average molecular weight is 566 g/mol. The number of halogens is 1. The summed E-state index contributed by atoms with van der Waals surface area (Å²) in [6, 6.07) is 14.7. The molecule has 0 spiro atoms. The second kappa shape index (κ2) is 13.0. The monoisotopic (exact) mass is 566 g/mol. The number of hydrogen-bond donors (Lipinski definition) is 3. The van der Waals surface area contributed by atoms with Crippen molar-refractivity contribution in [1.82, 2.24) is 15.6 Å². The fraction of sp³-hybridized carbons (Fsp3) is 0.333. The van der Waals surface area contributed by atoms with Gasteiger partial charge in [0.15, 0.2) is 17.5 Å². The van der Waals surface area contributed by atoms with Crippen LogP contribution >= 0.6 is 24.0 Å². The summed E-state index contributed by atoms with van der Waals surface area (Å²) >= 11 is 0. The molecule has 0 bridgehead atoms. The lowest BCUT2D eigenvalue weighted by molar-refractivity contribution is 0.0386. The summed E-state index contributed by atoms with van der Waals surface area (Å²) in [7, 11) is 0. The van der Waals surface area contributed by atoms with Gasteiger partial charge in [0.2, 0.25) is 5.88 Å². The van der Waals surface area contributed by atoms with E-state index in [1.165, 1.54) is 0 Å². The molecular weight excluding hydrogens is 535 g/mol. The number of aliphatic hydroxyl groups is 1. The number of rotatable bonds is 10. The third-order valence-corrected chi connectivity index (χ3v) is 4.58. The molecule has 0 aliphatic carbocycles. The number of guanidine groups is 1. The molecule has 0 aliphatic rings. The Labute approximate surface area is 211 Å². The van der Waals surface area contributed by atoms with E-state index in [2.05, 4.69) is 20.6 Å². The molecule has 9 heteroatoms. The van der Waals surface area contributed by atoms with Gasteiger partial charge in [-0.1, -0.05) is 18.2 Å². The average Bonchev–Trinajstić information content (AvgIpc) is 3.34. The lowest BCUT2D eigenvalue weighted by atomic mass is 10.0. The maximum atomic E-state index is 10.6. The van der Waals surface area contributed by atoms with Crippen LogP contribution in [-0.2, 0) is 12.1 Å². The van der Waals surface area contributed by atoms with Crippen molar-refractivity contribution in [3.05, 3.63) is 72.3 Å². The van der Waals surface area contributed by atoms with Crippen molar-refractivity contribution in [1.29, 1.82) is 0 Å². The number of aliphatic imine (C=N–C) groups is 1. The molecule has 0 saturated heterocycles. The molecule has 33 heavy (non-hydrogen) atoms. The van der Waals surface area contributed by atoms with E-state index in [0.29, 0.717) is 48.8 Å². The van der Waals surface area contributed by atoms with E-state index in [9.17, 15) is 5.11 Å². The van der Waals surface area contributed by atoms with Crippen molar-refractivity contribution in [3.8, 4) is 17.4 Å². The zero-order valence-corrected chi connectivity index (χ0v) is 21.4. The number of furan rings is 1. The highest BCUT2D eigenvalue weighted by molar-refractivity contribution is 14.0. The number of hydrogen-bond acceptors (Lipinski definition) is 6. The molecule has 2 heterocycles. The second-order valence-electron chi connectivity index (χ2n) is 7.29. The maximum absolute atomic E-state index is 10.6. The Morgan fingerprint density at radius 2 is 1.88 bits per heavy atom. The summed E-state index contributed by atoms with van der Waals surface area (Å²) in [6.45, 7) is 7.52. The van der Waals surface area contributed by atoms with Crippen LogP contribution in [0.15, 0.2) is 70.4 Å². The number of pyridine rings is 1. The first-order valence-electron chi connectivity index (χ1n) is 10.6. The van der Waals surface area contributed by atoms with Gasteiger partial charge in [-0.2, -0.15) is 0 Å². The fourth-order valence-electron chi connectivity index (χ4n) is 2.93. The number of nitrogens with zero attached hydrogens (tertiary/aromatic N) is 2. The number of aromatic nitrogens is 1. The van der Waals surface area contributed by atoms with Gasteiger partial charge >= 0.3 is 0 Å². The standard InChI is InChI=1S/C24H30N4O4.HI/c1-4-25-23(28-17-24(3,29)21-11-8-14-31-21)27-16-18-12-13-22(26-15-18)32-20-10-7-6-9-19(20)30-5-2;/h6-15,29H,4-5,16-17H2,1-3H3,(H2,25,27,28);1H. The molecule has 0 saturated carbocycles. The minimum Gasteiger partial charge on any atom is -0.490 e. The molecule has 1 aromatic carbocycles. The minimum atomic E-state index is -1.15. The smallest absolute Gasteiger partial charge is 0.219 e. The van der Waals surface area contributed by atoms with E-state index in [0.717, 1.165) is 5.56 Å². The van der Waals surface area contributed by atoms with Gasteiger partial charge in [0.25, 0.3) is 0 Å². The summed E-state index contributed by atoms with van der Waals surface area (Å²) in [6.07, 6.45) is 3.27. The third-order valence-electron chi connectivity index (χ3n) is 4.58. The van der Waals surface area contributed by atoms with Gasteiger partial charge in [0.05, 0.1) is 26.0 Å². The van der Waals surface area contributed by atoms with Crippen LogP contribution in [0.4, 0.5) is 0 Å². The molecule has 0 aliphatic heterocycles. The van der Waals surface area contributed by atoms with E-state index >= 15 is 0 Å². The van der Waals surface area contributed by atoms with Crippen LogP contribution in [0.3, 0.4) is 0 Å². The van der Waals surface area contributed by atoms with Gasteiger partial charge in [0.1, 0.15) is 11.4 Å². The number of benzene rings is 1. The Hall–Kier alpha value is -2.79. The third kappa shape index (κ3) is 7.93. The molecule has 1 atom stereocenters. The van der Waals surface area contributed by atoms with E-state index in [1.807, 2.05) is 44.2 Å². The second-order valence-corrected chi connectivity index (χ2v) is 7.29. The van der Waals surface area contributed by atoms with Crippen LogP contribution < -0.4 is 20.1 Å². The molecule has 0 fully saturated rings. The van der Waals surface area contributed by atoms with Crippen molar-refractivity contribution >= 4 is 29.9 Å². The Morgan fingerprint density at radius 3 is 2.52 bits per heavy atom. The van der Waals surface area contributed by atoms with Gasteiger partial charge in [-0.3, -0.25) is 0 Å². The van der Waals surface area contributed by atoms with Gasteiger partial charge in [-0.25, -0.2) is 9.98 Å². The van der Waals surface area contributed by atoms with Crippen LogP contribution in [0.1, 0.15) is 32.1 Å². The van der Waals surface area contributed by atoms with Crippen molar-refractivity contribution in [2.75, 3.05) is 19.7 Å². The first kappa shape index (κ1) is 26.5. The summed E-state index contributed by atoms with van der Waals surface area (Å²) < 4.78 is 16.8. The molecule has 0 radical (unpaired) electrons. The van der Waals surface area contributed by atoms with E-state index in [-0.39, 0.29) is 30.5 Å². The van der Waals surface area contributed by atoms with E-state index < -0.39 is 5.60 Å². The van der Waals surface area contributed by atoms with E-state index in [1.54, 1.807) is 37.6 Å². The fourth-order valence-corrected chi connectivity index (χ4v) is 2.93. The van der Waals surface area contributed by atoms with Crippen LogP contribution in [0, 0.1) is 0 Å². The highest BCUT2D eigenvalue weighted by Crippen LogP contribution is 2.30. The normalized spacial score (nSPS) is 12.9. The predicted molar refractivity (Wildman–Crippen MR) is 138 cm³/mol. The Kier molecular flexibility index (Phi) is 10.5. The van der Waals surface area contributed by atoms with Crippen LogP contribution in [0.5, 0.6) is 17.4 Å². The molecule has 3 N–H and O–H groups in total. The van der Waals surface area contributed by atoms with Crippen LogP contribution in [-0.4, -0.2) is 35.7 Å². The van der Waals surface area contributed by atoms with Crippen molar-refractivity contribution in [3.63, 3.8) is 0 Å². The number of ether oxygens (including phenoxy) is 2. The van der Waals surface area contributed by atoms with Crippen molar-refractivity contribution in [2.45, 2.75) is 32.9 Å². The topological polar surface area (TPSA) is 101 Å². The molecule has 8 nitrogen and oxygen atoms in total. The van der Waals surface area contributed by atoms with Gasteiger partial charge in [-0.05, 0) is 50.6 Å². The zero-order chi connectivity index (χ0) is 22.8. The minimum absolute atomic E-state index is 0. The lowest BCUT2D eigenvalue weighted by Gasteiger charge is -2.22. The summed E-state index contributed by atoms with van der Waals surface area (Å²) in [5.74, 6) is 2.85. The van der Waals surface area contributed by atoms with Crippen LogP contribution in [0.2, 0.25) is 0 Å². The Morgan fingerprint density at radius 1 is 1.09 bits per heavy atom. The molecular formula is C24H31IN4O4. The SMILES string of the molecule is CCNC(=NCc1ccc(Oc2ccccc2OCC)nc1)NCC(C)(O)c1ccco1.I. The number of para-hydroxylation sites is 2. The molecule has 178 valence electrons. The molecule has 0 amide bonds. The van der Waals surface area contributed by atoms with Crippen molar-refractivity contribution < 1.29 is 19.0 Å².